The van der Waals surface area contributed by atoms with Gasteiger partial charge in [0.05, 0.1) is 37.5 Å². The number of carbonyl (C=O) groups excluding carboxylic acids is 1. The first-order chi connectivity index (χ1) is 17.1. The highest BCUT2D eigenvalue weighted by Gasteiger charge is 2.34. The molecule has 0 spiro atoms. The molecule has 6 nitrogen and oxygen atoms in total. The summed E-state index contributed by atoms with van der Waals surface area (Å²) >= 11 is 14.9. The van der Waals surface area contributed by atoms with Crippen LogP contribution in [-0.4, -0.2) is 23.2 Å². The predicted molar refractivity (Wildman–Crippen MR) is 149 cm³/mol. The normalized spacial score (nSPS) is 15.7. The molecule has 0 N–H and O–H groups in total. The number of hydrogen-bond donors (Lipinski definition) is 0. The zero-order valence-corrected chi connectivity index (χ0v) is 24.7. The van der Waals surface area contributed by atoms with Gasteiger partial charge in [-0.1, -0.05) is 41.1 Å². The van der Waals surface area contributed by atoms with Crippen molar-refractivity contribution in [2.24, 2.45) is 4.99 Å². The van der Waals surface area contributed by atoms with Crippen LogP contribution in [-0.2, 0) is 9.53 Å². The zero-order chi connectivity index (χ0) is 26.1. The largest absolute Gasteiger partial charge is 0.489 e. The van der Waals surface area contributed by atoms with Crippen molar-refractivity contribution in [3.8, 4) is 5.75 Å². The minimum Gasteiger partial charge on any atom is -0.489 e. The summed E-state index contributed by atoms with van der Waals surface area (Å²) < 4.78 is 14.7. The van der Waals surface area contributed by atoms with Gasteiger partial charge in [-0.15, -0.1) is 0 Å². The third kappa shape index (κ3) is 5.25. The second kappa shape index (κ2) is 11.0. The van der Waals surface area contributed by atoms with Crippen LogP contribution in [0.25, 0.3) is 6.08 Å². The van der Waals surface area contributed by atoms with Gasteiger partial charge in [-0.05, 0) is 95.0 Å². The summed E-state index contributed by atoms with van der Waals surface area (Å²) in [5, 5.41) is 0.446. The van der Waals surface area contributed by atoms with Crippen LogP contribution in [0, 0.1) is 0 Å². The lowest BCUT2D eigenvalue weighted by Gasteiger charge is -2.25. The molecule has 0 fully saturated rings. The number of nitrogens with zero attached hydrogens (tertiary/aromatic N) is 2. The first-order valence-electron chi connectivity index (χ1n) is 11.2. The highest BCUT2D eigenvalue weighted by molar-refractivity contribution is 9.11. The number of rotatable bonds is 6. The van der Waals surface area contributed by atoms with Crippen LogP contribution in [0.3, 0.4) is 0 Å². The van der Waals surface area contributed by atoms with Crippen molar-refractivity contribution >= 4 is 66.8 Å². The fourth-order valence-electron chi connectivity index (χ4n) is 3.95. The summed E-state index contributed by atoms with van der Waals surface area (Å²) in [5.41, 5.74) is 1.94. The number of fused-ring (bicyclic) bond motifs is 1. The number of thiazole rings is 1. The van der Waals surface area contributed by atoms with Crippen molar-refractivity contribution in [3.63, 3.8) is 0 Å². The number of benzene rings is 2. The van der Waals surface area contributed by atoms with Gasteiger partial charge in [-0.2, -0.15) is 0 Å². The third-order valence-electron chi connectivity index (χ3n) is 5.39. The molecule has 1 aromatic heterocycles. The van der Waals surface area contributed by atoms with Crippen molar-refractivity contribution in [2.75, 3.05) is 6.61 Å². The maximum Gasteiger partial charge on any atom is 0.338 e. The Hall–Kier alpha value is -2.20. The molecule has 0 saturated carbocycles. The maximum absolute atomic E-state index is 13.7. The van der Waals surface area contributed by atoms with Gasteiger partial charge in [-0.25, -0.2) is 9.79 Å². The van der Waals surface area contributed by atoms with Gasteiger partial charge < -0.3 is 9.47 Å². The van der Waals surface area contributed by atoms with E-state index >= 15 is 0 Å². The van der Waals surface area contributed by atoms with Crippen LogP contribution >= 0.6 is 54.8 Å². The van der Waals surface area contributed by atoms with Crippen LogP contribution < -0.4 is 19.6 Å². The van der Waals surface area contributed by atoms with E-state index < -0.39 is 12.0 Å². The lowest BCUT2D eigenvalue weighted by atomic mass is 9.96. The molecule has 3 aromatic rings. The zero-order valence-electron chi connectivity index (χ0n) is 20.0. The van der Waals surface area contributed by atoms with Crippen LogP contribution in [0.1, 0.15) is 44.9 Å². The maximum atomic E-state index is 13.7. The molecule has 188 valence electrons. The quantitative estimate of drug-likeness (QED) is 0.317. The monoisotopic (exact) mass is 652 g/mol. The number of aromatic nitrogens is 1. The number of ether oxygens (including phenoxy) is 2. The van der Waals surface area contributed by atoms with E-state index in [1.165, 1.54) is 15.9 Å². The van der Waals surface area contributed by atoms with Crippen LogP contribution in [0.15, 0.2) is 66.4 Å². The van der Waals surface area contributed by atoms with Gasteiger partial charge in [0.15, 0.2) is 4.80 Å². The average Bonchev–Trinajstić information content (AvgIpc) is 3.10. The second-order valence-corrected chi connectivity index (χ2v) is 11.4. The summed E-state index contributed by atoms with van der Waals surface area (Å²) in [7, 11) is 0. The second-order valence-electron chi connectivity index (χ2n) is 8.30. The highest BCUT2D eigenvalue weighted by atomic mass is 79.9. The summed E-state index contributed by atoms with van der Waals surface area (Å²) in [6.07, 6.45) is 1.81. The molecule has 0 bridgehead atoms. The van der Waals surface area contributed by atoms with Crippen molar-refractivity contribution < 1.29 is 14.3 Å². The highest BCUT2D eigenvalue weighted by Crippen LogP contribution is 2.36. The lowest BCUT2D eigenvalue weighted by molar-refractivity contribution is -0.139. The molecule has 0 amide bonds. The summed E-state index contributed by atoms with van der Waals surface area (Å²) in [6.45, 7) is 7.59. The number of carbonyl (C=O) groups is 1. The van der Waals surface area contributed by atoms with Crippen molar-refractivity contribution in [2.45, 2.75) is 39.8 Å². The number of esters is 1. The molecule has 0 radical (unpaired) electrons. The van der Waals surface area contributed by atoms with Gasteiger partial charge >= 0.3 is 5.97 Å². The predicted octanol–water partition coefficient (Wildman–Crippen LogP) is 5.76. The van der Waals surface area contributed by atoms with Gasteiger partial charge in [0.2, 0.25) is 0 Å². The van der Waals surface area contributed by atoms with Gasteiger partial charge in [0, 0.05) is 5.02 Å². The Morgan fingerprint density at radius 3 is 2.53 bits per heavy atom. The topological polar surface area (TPSA) is 69.9 Å². The minimum atomic E-state index is -0.753. The molecule has 1 aliphatic rings. The van der Waals surface area contributed by atoms with E-state index in [-0.39, 0.29) is 18.3 Å². The Bertz CT molecular complexity index is 1540. The first-order valence-corrected chi connectivity index (χ1v) is 14.0. The molecule has 2 aromatic carbocycles. The molecule has 36 heavy (non-hydrogen) atoms. The van der Waals surface area contributed by atoms with Crippen molar-refractivity contribution in [1.29, 1.82) is 0 Å². The van der Waals surface area contributed by atoms with E-state index in [1.54, 1.807) is 32.1 Å². The molecule has 0 aliphatic carbocycles. The summed E-state index contributed by atoms with van der Waals surface area (Å²) in [4.78, 5) is 31.8. The molecular weight excluding hydrogens is 632 g/mol. The van der Waals surface area contributed by atoms with Crippen molar-refractivity contribution in [1.82, 2.24) is 4.57 Å². The Morgan fingerprint density at radius 1 is 1.25 bits per heavy atom. The molecule has 10 heteroatoms. The smallest absolute Gasteiger partial charge is 0.338 e. The average molecular weight is 655 g/mol. The van der Waals surface area contributed by atoms with Crippen LogP contribution in [0.2, 0.25) is 5.02 Å². The Kier molecular flexibility index (Phi) is 8.24. The minimum absolute atomic E-state index is 0.00813. The standard InChI is InChI=1S/C26H23Br2ClN2O4S/c1-5-34-25(33)21-14(4)30-26-31(22(21)16-8-6-7-9-19(16)29)24(32)20(36-26)12-15-10-17(27)23(18(28)11-15)35-13(2)3/h6-13,22H,5H2,1-4H3/b20-12-/t22-/m1/s1. The van der Waals surface area contributed by atoms with E-state index in [1.807, 2.05) is 38.1 Å². The number of hydrogen-bond acceptors (Lipinski definition) is 6. The molecule has 0 unspecified atom stereocenters. The van der Waals surface area contributed by atoms with Crippen molar-refractivity contribution in [3.05, 3.63) is 92.5 Å². The third-order valence-corrected chi connectivity index (χ3v) is 7.89. The first kappa shape index (κ1) is 26.9. The van der Waals surface area contributed by atoms with E-state index in [0.717, 1.165) is 14.5 Å². The Morgan fingerprint density at radius 2 is 1.92 bits per heavy atom. The summed E-state index contributed by atoms with van der Waals surface area (Å²) in [6, 6.07) is 10.2. The SMILES string of the molecule is CCOC(=O)C1=C(C)N=c2s/c(=C\c3cc(Br)c(OC(C)C)c(Br)c3)c(=O)n2[C@@H]1c1ccccc1Cl. The van der Waals surface area contributed by atoms with Gasteiger partial charge in [-0.3, -0.25) is 9.36 Å². The molecule has 1 atom stereocenters. The van der Waals surface area contributed by atoms with Crippen LogP contribution in [0.4, 0.5) is 0 Å². The molecular formula is C26H23Br2ClN2O4S. The molecule has 0 saturated heterocycles. The van der Waals surface area contributed by atoms with Gasteiger partial charge in [0.1, 0.15) is 11.8 Å². The van der Waals surface area contributed by atoms with E-state index in [0.29, 0.717) is 36.9 Å². The fourth-order valence-corrected chi connectivity index (χ4v) is 6.64. The van der Waals surface area contributed by atoms with Gasteiger partial charge in [0.25, 0.3) is 5.56 Å². The lowest BCUT2D eigenvalue weighted by Crippen LogP contribution is -2.40. The van der Waals surface area contributed by atoms with E-state index in [9.17, 15) is 9.59 Å². The van der Waals surface area contributed by atoms with E-state index in [2.05, 4.69) is 36.9 Å². The number of halogens is 3. The van der Waals surface area contributed by atoms with Crippen LogP contribution in [0.5, 0.6) is 5.75 Å². The molecule has 2 heterocycles. The number of allylic oxidation sites excluding steroid dienone is 1. The molecule has 1 aliphatic heterocycles. The Balaban J connectivity index is 1.92. The molecule has 4 rings (SSSR count). The Labute approximate surface area is 234 Å². The summed E-state index contributed by atoms with van der Waals surface area (Å²) in [5.74, 6) is 0.170. The van der Waals surface area contributed by atoms with E-state index in [4.69, 9.17) is 21.1 Å². The fraction of sp³-hybridized carbons (Fsp3) is 0.269.